The molecule has 0 aliphatic carbocycles. The maximum atomic E-state index is 12.8. The largest absolute Gasteiger partial charge is 0.375 e. The van der Waals surface area contributed by atoms with Crippen LogP contribution in [0, 0.1) is 0 Å². The Morgan fingerprint density at radius 3 is 2.81 bits per heavy atom. The van der Waals surface area contributed by atoms with Crippen LogP contribution < -0.4 is 10.6 Å². The van der Waals surface area contributed by atoms with Crippen LogP contribution in [0.4, 0.5) is 5.69 Å². The molecule has 0 bridgehead atoms. The fourth-order valence-corrected chi connectivity index (χ4v) is 3.83. The molecular weight excluding hydrogens is 354 g/mol. The van der Waals surface area contributed by atoms with Crippen LogP contribution >= 0.6 is 11.6 Å². The zero-order valence-corrected chi connectivity index (χ0v) is 16.0. The van der Waals surface area contributed by atoms with Gasteiger partial charge < -0.3 is 20.3 Å². The van der Waals surface area contributed by atoms with Gasteiger partial charge in [0.05, 0.1) is 23.3 Å². The average Bonchev–Trinajstić information content (AvgIpc) is 2.62. The van der Waals surface area contributed by atoms with Gasteiger partial charge in [0.2, 0.25) is 5.91 Å². The van der Waals surface area contributed by atoms with E-state index < -0.39 is 6.04 Å². The molecule has 142 valence electrons. The van der Waals surface area contributed by atoms with Crippen LogP contribution in [-0.4, -0.2) is 54.6 Å². The topological polar surface area (TPSA) is 70.7 Å². The molecule has 2 N–H and O–H groups in total. The van der Waals surface area contributed by atoms with Gasteiger partial charge >= 0.3 is 0 Å². The third kappa shape index (κ3) is 4.19. The number of carbonyl (C=O) groups is 2. The van der Waals surface area contributed by atoms with Crippen LogP contribution in [0.15, 0.2) is 18.2 Å². The summed E-state index contributed by atoms with van der Waals surface area (Å²) >= 11 is 6.35. The lowest BCUT2D eigenvalue weighted by Gasteiger charge is -2.33. The minimum absolute atomic E-state index is 0.0453. The molecule has 0 saturated carbocycles. The van der Waals surface area contributed by atoms with Crippen molar-refractivity contribution in [2.45, 2.75) is 51.3 Å². The second-order valence-corrected chi connectivity index (χ2v) is 7.44. The highest BCUT2D eigenvalue weighted by atomic mass is 35.5. The predicted molar refractivity (Wildman–Crippen MR) is 102 cm³/mol. The SMILES string of the molecule is CC1CCCCN1C(=O)c1ccc(NC(=O)[C@H]2NCCO[C@@H]2C)cc1Cl. The molecule has 2 fully saturated rings. The van der Waals surface area contributed by atoms with Gasteiger partial charge in [-0.1, -0.05) is 11.6 Å². The fourth-order valence-electron chi connectivity index (χ4n) is 3.57. The highest BCUT2D eigenvalue weighted by molar-refractivity contribution is 6.34. The summed E-state index contributed by atoms with van der Waals surface area (Å²) in [6.45, 7) is 5.94. The maximum Gasteiger partial charge on any atom is 0.255 e. The van der Waals surface area contributed by atoms with Gasteiger partial charge in [-0.15, -0.1) is 0 Å². The zero-order chi connectivity index (χ0) is 18.7. The summed E-state index contributed by atoms with van der Waals surface area (Å²) in [6.07, 6.45) is 3.00. The molecule has 1 aromatic rings. The molecule has 26 heavy (non-hydrogen) atoms. The molecule has 3 atom stereocenters. The minimum atomic E-state index is -0.405. The number of carbonyl (C=O) groups excluding carboxylic acids is 2. The molecule has 1 aromatic carbocycles. The number of amides is 2. The van der Waals surface area contributed by atoms with Gasteiger partial charge in [0.1, 0.15) is 6.04 Å². The molecule has 0 aromatic heterocycles. The first kappa shape index (κ1) is 19.1. The number of halogens is 1. The molecule has 1 unspecified atom stereocenters. The van der Waals surface area contributed by atoms with E-state index in [1.165, 1.54) is 0 Å². The number of likely N-dealkylation sites (tertiary alicyclic amines) is 1. The Labute approximate surface area is 159 Å². The second-order valence-electron chi connectivity index (χ2n) is 7.03. The molecular formula is C19H26ClN3O3. The van der Waals surface area contributed by atoms with Crippen LogP contribution in [0.5, 0.6) is 0 Å². The normalized spacial score (nSPS) is 26.4. The Bertz CT molecular complexity index is 682. The van der Waals surface area contributed by atoms with Crippen LogP contribution in [0.1, 0.15) is 43.5 Å². The summed E-state index contributed by atoms with van der Waals surface area (Å²) in [6, 6.07) is 4.87. The fraction of sp³-hybridized carbons (Fsp3) is 0.579. The maximum absolute atomic E-state index is 12.8. The van der Waals surface area contributed by atoms with Gasteiger partial charge in [0.15, 0.2) is 0 Å². The molecule has 2 saturated heterocycles. The quantitative estimate of drug-likeness (QED) is 0.847. The Morgan fingerprint density at radius 1 is 1.31 bits per heavy atom. The van der Waals surface area contributed by atoms with Gasteiger partial charge in [-0.05, 0) is 51.3 Å². The molecule has 2 aliphatic heterocycles. The molecule has 0 radical (unpaired) electrons. The van der Waals surface area contributed by atoms with Crippen LogP contribution in [0.3, 0.4) is 0 Å². The summed E-state index contributed by atoms with van der Waals surface area (Å²) in [5, 5.41) is 6.35. The number of anilines is 1. The van der Waals surface area contributed by atoms with Gasteiger partial charge in [0, 0.05) is 24.8 Å². The first-order chi connectivity index (χ1) is 12.5. The number of rotatable bonds is 3. The van der Waals surface area contributed by atoms with Crippen molar-refractivity contribution in [1.82, 2.24) is 10.2 Å². The van der Waals surface area contributed by atoms with E-state index in [2.05, 4.69) is 17.6 Å². The highest BCUT2D eigenvalue weighted by Crippen LogP contribution is 2.26. The van der Waals surface area contributed by atoms with Gasteiger partial charge in [-0.25, -0.2) is 0 Å². The van der Waals surface area contributed by atoms with Gasteiger partial charge in [0.25, 0.3) is 5.91 Å². The minimum Gasteiger partial charge on any atom is -0.375 e. The summed E-state index contributed by atoms with van der Waals surface area (Å²) in [7, 11) is 0. The first-order valence-corrected chi connectivity index (χ1v) is 9.61. The zero-order valence-electron chi connectivity index (χ0n) is 15.3. The first-order valence-electron chi connectivity index (χ1n) is 9.23. The van der Waals surface area contributed by atoms with E-state index in [1.54, 1.807) is 18.2 Å². The molecule has 2 amide bonds. The Kier molecular flexibility index (Phi) is 6.16. The van der Waals surface area contributed by atoms with E-state index in [1.807, 2.05) is 11.8 Å². The highest BCUT2D eigenvalue weighted by Gasteiger charge is 2.29. The lowest BCUT2D eigenvalue weighted by molar-refractivity contribution is -0.123. The van der Waals surface area contributed by atoms with Crippen molar-refractivity contribution in [2.24, 2.45) is 0 Å². The smallest absolute Gasteiger partial charge is 0.255 e. The van der Waals surface area contributed by atoms with E-state index in [0.717, 1.165) is 25.8 Å². The lowest BCUT2D eigenvalue weighted by Crippen LogP contribution is -2.53. The predicted octanol–water partition coefficient (Wildman–Crippen LogP) is 2.67. The number of hydrogen-bond acceptors (Lipinski definition) is 4. The van der Waals surface area contributed by atoms with Crippen molar-refractivity contribution in [3.63, 3.8) is 0 Å². The van der Waals surface area contributed by atoms with E-state index in [-0.39, 0.29) is 24.0 Å². The summed E-state index contributed by atoms with van der Waals surface area (Å²) in [5.41, 5.74) is 1.05. The Hall–Kier alpha value is -1.63. The summed E-state index contributed by atoms with van der Waals surface area (Å²) in [4.78, 5) is 27.1. The number of benzene rings is 1. The number of ether oxygens (including phenoxy) is 1. The van der Waals surface area contributed by atoms with Crippen molar-refractivity contribution in [1.29, 1.82) is 0 Å². The van der Waals surface area contributed by atoms with Crippen molar-refractivity contribution in [3.8, 4) is 0 Å². The third-order valence-electron chi connectivity index (χ3n) is 5.13. The molecule has 6 nitrogen and oxygen atoms in total. The standard InChI is InChI=1S/C19H26ClN3O3/c1-12-5-3-4-9-23(12)19(25)15-7-6-14(11-16(15)20)22-18(24)17-13(2)26-10-8-21-17/h6-7,11-13,17,21H,3-5,8-10H2,1-2H3,(H,22,24)/t12?,13-,17+/m1/s1. The van der Waals surface area contributed by atoms with Gasteiger partial charge in [-0.2, -0.15) is 0 Å². The number of nitrogens with one attached hydrogen (secondary N) is 2. The average molecular weight is 380 g/mol. The monoisotopic (exact) mass is 379 g/mol. The Morgan fingerprint density at radius 2 is 2.12 bits per heavy atom. The van der Waals surface area contributed by atoms with Crippen LogP contribution in [0.2, 0.25) is 5.02 Å². The van der Waals surface area contributed by atoms with E-state index in [4.69, 9.17) is 16.3 Å². The van der Waals surface area contributed by atoms with Crippen molar-refractivity contribution in [3.05, 3.63) is 28.8 Å². The third-order valence-corrected chi connectivity index (χ3v) is 5.44. The van der Waals surface area contributed by atoms with Crippen molar-refractivity contribution >= 4 is 29.1 Å². The van der Waals surface area contributed by atoms with Crippen molar-refractivity contribution < 1.29 is 14.3 Å². The second kappa shape index (κ2) is 8.37. The molecule has 2 heterocycles. The summed E-state index contributed by atoms with van der Waals surface area (Å²) in [5.74, 6) is -0.215. The number of hydrogen-bond donors (Lipinski definition) is 2. The van der Waals surface area contributed by atoms with E-state index >= 15 is 0 Å². The van der Waals surface area contributed by atoms with Gasteiger partial charge in [-0.3, -0.25) is 9.59 Å². The van der Waals surface area contributed by atoms with Crippen molar-refractivity contribution in [2.75, 3.05) is 25.0 Å². The van der Waals surface area contributed by atoms with E-state index in [0.29, 0.717) is 29.4 Å². The molecule has 2 aliphatic rings. The molecule has 0 spiro atoms. The number of morpholine rings is 1. The summed E-state index contributed by atoms with van der Waals surface area (Å²) < 4.78 is 5.50. The molecule has 3 rings (SSSR count). The van der Waals surface area contributed by atoms with Crippen LogP contribution in [0.25, 0.3) is 0 Å². The number of piperidine rings is 1. The Balaban J connectivity index is 1.69. The van der Waals surface area contributed by atoms with E-state index in [9.17, 15) is 9.59 Å². The van der Waals surface area contributed by atoms with Crippen LogP contribution in [-0.2, 0) is 9.53 Å². The number of nitrogens with zero attached hydrogens (tertiary/aromatic N) is 1. The lowest BCUT2D eigenvalue weighted by atomic mass is 10.0. The molecule has 7 heteroatoms.